The summed E-state index contributed by atoms with van der Waals surface area (Å²) in [6.45, 7) is 10.1. The average molecular weight is 539 g/mol. The number of aliphatic hydroxyl groups excluding tert-OH is 1. The fourth-order valence-corrected chi connectivity index (χ4v) is 10.1. The molecule has 218 valence electrons. The topological polar surface area (TPSA) is 63.1 Å². The van der Waals surface area contributed by atoms with E-state index in [0.717, 1.165) is 50.2 Å². The number of ketones is 1. The molecular formula is C35H56NO3+. The molecule has 0 aromatic heterocycles. The van der Waals surface area contributed by atoms with E-state index in [2.05, 4.69) is 57.3 Å². The molecular weight excluding hydrogens is 482 g/mol. The van der Waals surface area contributed by atoms with Gasteiger partial charge in [0.05, 0.1) is 18.8 Å². The van der Waals surface area contributed by atoms with Crippen LogP contribution >= 0.6 is 0 Å². The minimum Gasteiger partial charge on any atom is -0.494 e. The van der Waals surface area contributed by atoms with Gasteiger partial charge in [0, 0.05) is 30.2 Å². The van der Waals surface area contributed by atoms with E-state index in [0.29, 0.717) is 47.6 Å². The van der Waals surface area contributed by atoms with Crippen LogP contribution in [0.15, 0.2) is 24.3 Å². The number of fused-ring (bicyclic) bond motifs is 5. The lowest BCUT2D eigenvalue weighted by Crippen LogP contribution is -2.90. The maximum absolute atomic E-state index is 12.2. The van der Waals surface area contributed by atoms with Crippen LogP contribution in [0.4, 0.5) is 0 Å². The number of rotatable bonds is 11. The highest BCUT2D eigenvalue weighted by atomic mass is 16.5. The molecule has 8 atom stereocenters. The zero-order chi connectivity index (χ0) is 27.6. The number of nitrogens with two attached hydrogens (primary N) is 1. The molecule has 5 rings (SSSR count). The zero-order valence-corrected chi connectivity index (χ0v) is 25.3. The van der Waals surface area contributed by atoms with Crippen molar-refractivity contribution >= 4 is 5.78 Å². The third-order valence-electron chi connectivity index (χ3n) is 12.4. The van der Waals surface area contributed by atoms with E-state index >= 15 is 0 Å². The van der Waals surface area contributed by atoms with Gasteiger partial charge in [0.25, 0.3) is 0 Å². The predicted octanol–water partition coefficient (Wildman–Crippen LogP) is 7.00. The quantitative estimate of drug-likeness (QED) is 0.319. The molecule has 4 nitrogen and oxygen atoms in total. The van der Waals surface area contributed by atoms with Crippen LogP contribution < -0.4 is 10.1 Å². The lowest BCUT2D eigenvalue weighted by atomic mass is 9.44. The van der Waals surface area contributed by atoms with Crippen LogP contribution in [0.2, 0.25) is 0 Å². The van der Waals surface area contributed by atoms with Crippen LogP contribution in [0.3, 0.4) is 0 Å². The van der Waals surface area contributed by atoms with Gasteiger partial charge in [-0.25, -0.2) is 0 Å². The van der Waals surface area contributed by atoms with Crippen molar-refractivity contribution in [2.24, 2.45) is 34.5 Å². The molecule has 4 heteroatoms. The molecule has 4 aliphatic rings. The molecule has 3 N–H and O–H groups in total. The molecule has 0 bridgehead atoms. The van der Waals surface area contributed by atoms with E-state index in [1.807, 2.05) is 0 Å². The van der Waals surface area contributed by atoms with Gasteiger partial charge in [-0.15, -0.1) is 0 Å². The van der Waals surface area contributed by atoms with Gasteiger partial charge in [-0.05, 0) is 105 Å². The molecule has 1 aromatic carbocycles. The van der Waals surface area contributed by atoms with Gasteiger partial charge in [-0.3, -0.25) is 4.79 Å². The molecule has 4 unspecified atom stereocenters. The van der Waals surface area contributed by atoms with Crippen molar-refractivity contribution in [2.75, 3.05) is 6.61 Å². The Hall–Kier alpha value is -1.39. The Kier molecular flexibility index (Phi) is 9.13. The number of hydrogen-bond acceptors (Lipinski definition) is 3. The molecule has 0 amide bonds. The van der Waals surface area contributed by atoms with Gasteiger partial charge in [-0.1, -0.05) is 46.2 Å². The molecule has 4 aliphatic carbocycles. The van der Waals surface area contributed by atoms with Gasteiger partial charge < -0.3 is 15.2 Å². The van der Waals surface area contributed by atoms with Gasteiger partial charge in [0.15, 0.2) is 0 Å². The monoisotopic (exact) mass is 538 g/mol. The Morgan fingerprint density at radius 1 is 1.05 bits per heavy atom. The highest BCUT2D eigenvalue weighted by molar-refractivity contribution is 5.79. The van der Waals surface area contributed by atoms with Crippen molar-refractivity contribution in [1.82, 2.24) is 0 Å². The summed E-state index contributed by atoms with van der Waals surface area (Å²) < 4.78 is 6.48. The second-order valence-corrected chi connectivity index (χ2v) is 14.1. The summed E-state index contributed by atoms with van der Waals surface area (Å²) in [6.07, 6.45) is 15.2. The van der Waals surface area contributed by atoms with Crippen molar-refractivity contribution in [1.29, 1.82) is 0 Å². The van der Waals surface area contributed by atoms with Crippen LogP contribution in [-0.2, 0) is 4.79 Å². The standard InChI is InChI=1S/C35H55NO3/c1-5-9-32(36-26(6-2)7-3)24-10-8-11-28(22-24)39-21-20-35-19-17-30-29(31(35)14-15-33(35)38)13-12-25-23-27(37)16-18-34(25,30)4/h8,10-11,22,25-26,29-33,36,38H,5-7,9,12-21,23H2,1-4H3/p+1/t25?,29?,30?,31?,32-,33-,34-,35+/m0/s1. The number of ether oxygens (including phenoxy) is 1. The summed E-state index contributed by atoms with van der Waals surface area (Å²) in [7, 11) is 0. The normalized spacial score (nSPS) is 36.8. The van der Waals surface area contributed by atoms with Gasteiger partial charge in [0.1, 0.15) is 17.6 Å². The summed E-state index contributed by atoms with van der Waals surface area (Å²) >= 11 is 0. The van der Waals surface area contributed by atoms with E-state index in [1.165, 1.54) is 56.9 Å². The number of carbonyl (C=O) groups excluding carboxylic acids is 1. The molecule has 0 radical (unpaired) electrons. The summed E-state index contributed by atoms with van der Waals surface area (Å²) in [5.74, 6) is 4.12. The van der Waals surface area contributed by atoms with Gasteiger partial charge >= 0.3 is 0 Å². The Morgan fingerprint density at radius 2 is 1.87 bits per heavy atom. The number of aliphatic hydroxyl groups is 1. The smallest absolute Gasteiger partial charge is 0.133 e. The average Bonchev–Trinajstić information content (AvgIpc) is 3.28. The van der Waals surface area contributed by atoms with Crippen molar-refractivity contribution < 1.29 is 20.0 Å². The lowest BCUT2D eigenvalue weighted by molar-refractivity contribution is -0.729. The first-order chi connectivity index (χ1) is 18.8. The van der Waals surface area contributed by atoms with E-state index in [-0.39, 0.29) is 11.5 Å². The van der Waals surface area contributed by atoms with E-state index in [4.69, 9.17) is 4.74 Å². The van der Waals surface area contributed by atoms with Crippen molar-refractivity contribution in [3.63, 3.8) is 0 Å². The van der Waals surface area contributed by atoms with Crippen molar-refractivity contribution in [2.45, 2.75) is 136 Å². The second-order valence-electron chi connectivity index (χ2n) is 14.1. The number of Topliss-reactive ketones (excluding diaryl/α,β-unsaturated/α-hetero) is 1. The first-order valence-electron chi connectivity index (χ1n) is 16.6. The molecule has 4 saturated carbocycles. The Bertz CT molecular complexity index is 974. The summed E-state index contributed by atoms with van der Waals surface area (Å²) in [6, 6.07) is 10.0. The maximum Gasteiger partial charge on any atom is 0.133 e. The first-order valence-corrected chi connectivity index (χ1v) is 16.6. The highest BCUT2D eigenvalue weighted by Crippen LogP contribution is 2.66. The molecule has 1 aromatic rings. The molecule has 0 heterocycles. The summed E-state index contributed by atoms with van der Waals surface area (Å²) in [5, 5.41) is 14.0. The fraction of sp³-hybridized carbons (Fsp3) is 0.800. The van der Waals surface area contributed by atoms with Crippen LogP contribution in [0, 0.1) is 34.5 Å². The van der Waals surface area contributed by atoms with Crippen LogP contribution in [0.1, 0.15) is 129 Å². The Morgan fingerprint density at radius 3 is 2.64 bits per heavy atom. The maximum atomic E-state index is 12.2. The fourth-order valence-electron chi connectivity index (χ4n) is 10.1. The zero-order valence-electron chi connectivity index (χ0n) is 25.3. The SMILES string of the molecule is CCC[C@H]([NH2+]C(CC)CC)c1cccc(OCC[C@]23CCC4C(CCC5CC(=O)CC[C@@]54C)C2CC[C@@H]3O)c1. The Labute approximate surface area is 238 Å². The van der Waals surface area contributed by atoms with Crippen molar-refractivity contribution in [3.8, 4) is 5.75 Å². The largest absolute Gasteiger partial charge is 0.494 e. The number of hydrogen-bond donors (Lipinski definition) is 2. The molecule has 0 aliphatic heterocycles. The van der Waals surface area contributed by atoms with Gasteiger partial charge in [-0.2, -0.15) is 0 Å². The lowest BCUT2D eigenvalue weighted by Gasteiger charge is -2.60. The minimum absolute atomic E-state index is 0.0143. The van der Waals surface area contributed by atoms with Crippen LogP contribution in [0.5, 0.6) is 5.75 Å². The number of carbonyl (C=O) groups is 1. The van der Waals surface area contributed by atoms with E-state index < -0.39 is 0 Å². The first kappa shape index (κ1) is 29.1. The minimum atomic E-state index is -0.194. The number of quaternary nitrogens is 1. The molecule has 39 heavy (non-hydrogen) atoms. The van der Waals surface area contributed by atoms with E-state index in [1.54, 1.807) is 0 Å². The second kappa shape index (κ2) is 12.2. The van der Waals surface area contributed by atoms with Crippen molar-refractivity contribution in [3.05, 3.63) is 29.8 Å². The highest BCUT2D eigenvalue weighted by Gasteiger charge is 2.61. The van der Waals surface area contributed by atoms with Crippen LogP contribution in [0.25, 0.3) is 0 Å². The molecule has 0 saturated heterocycles. The molecule has 4 fully saturated rings. The van der Waals surface area contributed by atoms with Crippen LogP contribution in [-0.4, -0.2) is 29.6 Å². The third-order valence-corrected chi connectivity index (χ3v) is 12.4. The number of benzene rings is 1. The summed E-state index contributed by atoms with van der Waals surface area (Å²) in [4.78, 5) is 12.2. The van der Waals surface area contributed by atoms with E-state index in [9.17, 15) is 9.90 Å². The van der Waals surface area contributed by atoms with Gasteiger partial charge in [0.2, 0.25) is 0 Å². The molecule has 0 spiro atoms. The third kappa shape index (κ3) is 5.59. The predicted molar refractivity (Wildman–Crippen MR) is 158 cm³/mol. The summed E-state index contributed by atoms with van der Waals surface area (Å²) in [5.41, 5.74) is 1.73. The Balaban J connectivity index is 1.25.